The molecule has 0 radical (unpaired) electrons. The minimum absolute atomic E-state index is 0.0152. The molecule has 4 bridgehead atoms. The molecule has 7 nitrogen and oxygen atoms in total. The number of nitrogens with zero attached hydrogens (tertiary/aromatic N) is 1. The lowest BCUT2D eigenvalue weighted by atomic mass is 9.50. The fourth-order valence-corrected chi connectivity index (χ4v) is 6.18. The van der Waals surface area contributed by atoms with Crippen LogP contribution in [-0.4, -0.2) is 89.0 Å². The second-order valence-electron chi connectivity index (χ2n) is 9.69. The van der Waals surface area contributed by atoms with Gasteiger partial charge < -0.3 is 23.7 Å². The molecule has 5 rings (SSSR count). The van der Waals surface area contributed by atoms with Gasteiger partial charge in [0, 0.05) is 19.6 Å². The molecule has 4 aliphatic carbocycles. The molecule has 5 fully saturated rings. The van der Waals surface area contributed by atoms with Gasteiger partial charge in [-0.05, 0) is 62.7 Å². The van der Waals surface area contributed by atoms with Gasteiger partial charge in [-0.1, -0.05) is 0 Å². The third kappa shape index (κ3) is 5.74. The van der Waals surface area contributed by atoms with Gasteiger partial charge in [-0.3, -0.25) is 4.90 Å². The Morgan fingerprint density at radius 2 is 1.43 bits per heavy atom. The monoisotopic (exact) mass is 425 g/mol. The van der Waals surface area contributed by atoms with Crippen molar-refractivity contribution in [2.75, 3.05) is 72.5 Å². The lowest BCUT2D eigenvalue weighted by Gasteiger charge is -2.59. The maximum Gasteiger partial charge on any atom is 0.332 e. The minimum atomic E-state index is -0.275. The number of carbonyl (C=O) groups is 1. The number of hydrogen-bond acceptors (Lipinski definition) is 7. The molecule has 4 saturated carbocycles. The molecule has 0 aromatic heterocycles. The van der Waals surface area contributed by atoms with E-state index in [4.69, 9.17) is 23.7 Å². The summed E-state index contributed by atoms with van der Waals surface area (Å²) in [5.74, 6) is 2.61. The highest BCUT2D eigenvalue weighted by molar-refractivity contribution is 5.71. The largest absolute Gasteiger partial charge is 0.457 e. The van der Waals surface area contributed by atoms with Crippen LogP contribution in [0.5, 0.6) is 0 Å². The van der Waals surface area contributed by atoms with Crippen molar-refractivity contribution in [2.24, 2.45) is 23.7 Å². The molecule has 5 aliphatic rings. The van der Waals surface area contributed by atoms with E-state index in [1.54, 1.807) is 0 Å². The van der Waals surface area contributed by atoms with Crippen LogP contribution in [0.25, 0.3) is 0 Å². The van der Waals surface area contributed by atoms with Crippen molar-refractivity contribution in [2.45, 2.75) is 44.6 Å². The lowest BCUT2D eigenvalue weighted by molar-refractivity contribution is -0.206. The Balaban J connectivity index is 0.998. The summed E-state index contributed by atoms with van der Waals surface area (Å²) in [5.41, 5.74) is -0.275. The summed E-state index contributed by atoms with van der Waals surface area (Å²) < 4.78 is 27.9. The molecule has 1 heterocycles. The first-order chi connectivity index (χ1) is 14.6. The first kappa shape index (κ1) is 22.5. The first-order valence-electron chi connectivity index (χ1n) is 11.9. The number of morpholine rings is 1. The molecular formula is C23H39NO6. The van der Waals surface area contributed by atoms with Crippen LogP contribution >= 0.6 is 0 Å². The first-order valence-corrected chi connectivity index (χ1v) is 11.9. The molecule has 0 aromatic rings. The van der Waals surface area contributed by atoms with E-state index in [1.807, 2.05) is 0 Å². The molecule has 0 unspecified atom stereocenters. The second-order valence-corrected chi connectivity index (χ2v) is 9.69. The van der Waals surface area contributed by atoms with E-state index in [0.717, 1.165) is 44.7 Å². The quantitative estimate of drug-likeness (QED) is 0.350. The van der Waals surface area contributed by atoms with Crippen LogP contribution < -0.4 is 0 Å². The maximum absolute atomic E-state index is 12.4. The normalized spacial score (nSPS) is 35.6. The van der Waals surface area contributed by atoms with E-state index >= 15 is 0 Å². The summed E-state index contributed by atoms with van der Waals surface area (Å²) in [6.07, 6.45) is 6.35. The van der Waals surface area contributed by atoms with Crippen LogP contribution in [0.4, 0.5) is 0 Å². The van der Waals surface area contributed by atoms with Crippen LogP contribution in [-0.2, 0) is 28.5 Å². The van der Waals surface area contributed by atoms with E-state index < -0.39 is 0 Å². The standard InChI is InChI=1S/C23H39NO6/c1-23(20-13-18-12-19(15-20)16-21(23)14-18)30-22(25)17-29-11-10-28-9-8-27-7-4-24-2-5-26-6-3-24/h18-21H,2-17H2,1H3. The Bertz CT molecular complexity index is 522. The number of ether oxygens (including phenoxy) is 5. The average Bonchev–Trinajstić information content (AvgIpc) is 2.74. The highest BCUT2D eigenvalue weighted by atomic mass is 16.6. The molecule has 30 heavy (non-hydrogen) atoms. The van der Waals surface area contributed by atoms with Crippen molar-refractivity contribution in [3.05, 3.63) is 0 Å². The van der Waals surface area contributed by atoms with Gasteiger partial charge in [0.25, 0.3) is 0 Å². The number of rotatable bonds is 12. The number of esters is 1. The zero-order valence-corrected chi connectivity index (χ0v) is 18.5. The van der Waals surface area contributed by atoms with Crippen molar-refractivity contribution >= 4 is 5.97 Å². The van der Waals surface area contributed by atoms with Crippen LogP contribution in [0.15, 0.2) is 0 Å². The van der Waals surface area contributed by atoms with Gasteiger partial charge in [0.2, 0.25) is 0 Å². The minimum Gasteiger partial charge on any atom is -0.457 e. The van der Waals surface area contributed by atoms with Crippen molar-refractivity contribution in [3.8, 4) is 0 Å². The Kier molecular flexibility index (Phi) is 8.03. The molecule has 7 heteroatoms. The van der Waals surface area contributed by atoms with Crippen LogP contribution in [0, 0.1) is 23.7 Å². The predicted octanol–water partition coefficient (Wildman–Crippen LogP) is 2.13. The predicted molar refractivity (Wildman–Crippen MR) is 111 cm³/mol. The van der Waals surface area contributed by atoms with Crippen LogP contribution in [0.3, 0.4) is 0 Å². The molecule has 0 aromatic carbocycles. The molecule has 0 atom stereocenters. The zero-order chi connectivity index (χ0) is 20.8. The third-order valence-corrected chi connectivity index (χ3v) is 7.71. The summed E-state index contributed by atoms with van der Waals surface area (Å²) in [5, 5.41) is 0. The van der Waals surface area contributed by atoms with Gasteiger partial charge in [-0.25, -0.2) is 4.79 Å². The van der Waals surface area contributed by atoms with E-state index in [2.05, 4.69) is 11.8 Å². The van der Waals surface area contributed by atoms with E-state index in [1.165, 1.54) is 32.1 Å². The smallest absolute Gasteiger partial charge is 0.332 e. The van der Waals surface area contributed by atoms with Crippen molar-refractivity contribution in [1.82, 2.24) is 4.90 Å². The fraction of sp³-hybridized carbons (Fsp3) is 0.957. The van der Waals surface area contributed by atoms with Gasteiger partial charge in [-0.15, -0.1) is 0 Å². The van der Waals surface area contributed by atoms with Gasteiger partial charge in [-0.2, -0.15) is 0 Å². The van der Waals surface area contributed by atoms with Crippen LogP contribution in [0.2, 0.25) is 0 Å². The average molecular weight is 426 g/mol. The Morgan fingerprint density at radius 3 is 2.07 bits per heavy atom. The van der Waals surface area contributed by atoms with Crippen molar-refractivity contribution in [3.63, 3.8) is 0 Å². The summed E-state index contributed by atoms with van der Waals surface area (Å²) in [6.45, 7) is 9.43. The Hall–Kier alpha value is -0.730. The fourth-order valence-electron chi connectivity index (χ4n) is 6.18. The Labute approximate surface area is 180 Å². The molecule has 1 aliphatic heterocycles. The molecule has 0 spiro atoms. The lowest BCUT2D eigenvalue weighted by Crippen LogP contribution is -2.58. The molecule has 0 N–H and O–H groups in total. The summed E-state index contributed by atoms with van der Waals surface area (Å²) in [6, 6.07) is 0. The van der Waals surface area contributed by atoms with Gasteiger partial charge in [0.05, 0.1) is 46.2 Å². The van der Waals surface area contributed by atoms with Gasteiger partial charge in [0.15, 0.2) is 0 Å². The highest BCUT2D eigenvalue weighted by Crippen LogP contribution is 2.59. The van der Waals surface area contributed by atoms with Gasteiger partial charge >= 0.3 is 5.97 Å². The van der Waals surface area contributed by atoms with Crippen molar-refractivity contribution < 1.29 is 28.5 Å². The topological polar surface area (TPSA) is 66.5 Å². The Morgan fingerprint density at radius 1 is 0.867 bits per heavy atom. The second kappa shape index (κ2) is 10.7. The zero-order valence-electron chi connectivity index (χ0n) is 18.5. The SMILES string of the molecule is CC1(OC(=O)COCCOCCOCCN2CCOCC2)C2CC3CC(C2)CC1C3. The van der Waals surface area contributed by atoms with E-state index in [-0.39, 0.29) is 18.2 Å². The van der Waals surface area contributed by atoms with E-state index in [0.29, 0.717) is 44.9 Å². The number of carbonyl (C=O) groups excluding carboxylic acids is 1. The molecule has 172 valence electrons. The summed E-state index contributed by atoms with van der Waals surface area (Å²) in [7, 11) is 0. The van der Waals surface area contributed by atoms with E-state index in [9.17, 15) is 4.79 Å². The highest BCUT2D eigenvalue weighted by Gasteiger charge is 2.56. The van der Waals surface area contributed by atoms with Crippen LogP contribution in [0.1, 0.15) is 39.0 Å². The van der Waals surface area contributed by atoms with Gasteiger partial charge in [0.1, 0.15) is 12.2 Å². The maximum atomic E-state index is 12.4. The summed E-state index contributed by atoms with van der Waals surface area (Å²) in [4.78, 5) is 14.7. The number of hydrogen-bond donors (Lipinski definition) is 0. The molecular weight excluding hydrogens is 386 g/mol. The summed E-state index contributed by atoms with van der Waals surface area (Å²) >= 11 is 0. The molecule has 1 saturated heterocycles. The molecule has 0 amide bonds. The van der Waals surface area contributed by atoms with Crippen molar-refractivity contribution in [1.29, 1.82) is 0 Å². The third-order valence-electron chi connectivity index (χ3n) is 7.71.